The van der Waals surface area contributed by atoms with Gasteiger partial charge in [-0.05, 0) is 49.9 Å². The van der Waals surface area contributed by atoms with Crippen LogP contribution < -0.4 is 10.1 Å². The summed E-state index contributed by atoms with van der Waals surface area (Å²) in [6, 6.07) is 3.50. The van der Waals surface area contributed by atoms with E-state index < -0.39 is 17.3 Å². The lowest BCUT2D eigenvalue weighted by atomic mass is 10.0. The van der Waals surface area contributed by atoms with Crippen molar-refractivity contribution in [1.29, 1.82) is 0 Å². The Morgan fingerprint density at radius 3 is 2.37 bits per heavy atom. The second-order valence-corrected chi connectivity index (χ2v) is 4.91. The van der Waals surface area contributed by atoms with Crippen molar-refractivity contribution >= 4 is 17.6 Å². The summed E-state index contributed by atoms with van der Waals surface area (Å²) in [5.41, 5.74) is 1.23. The Bertz CT molecular complexity index is 547. The van der Waals surface area contributed by atoms with E-state index in [9.17, 15) is 9.59 Å². The highest BCUT2D eigenvalue weighted by atomic mass is 16.5. The Morgan fingerprint density at radius 1 is 1.26 bits per heavy atom. The number of hydrogen-bond acceptors (Lipinski definition) is 3. The topological polar surface area (TPSA) is 75.6 Å². The van der Waals surface area contributed by atoms with Crippen molar-refractivity contribution in [3.05, 3.63) is 23.3 Å². The van der Waals surface area contributed by atoms with Gasteiger partial charge in [0.2, 0.25) is 5.91 Å². The molecule has 5 heteroatoms. The molecule has 0 spiro atoms. The van der Waals surface area contributed by atoms with Crippen molar-refractivity contribution < 1.29 is 19.4 Å². The van der Waals surface area contributed by atoms with Gasteiger partial charge in [-0.2, -0.15) is 0 Å². The lowest BCUT2D eigenvalue weighted by molar-refractivity contribution is -0.147. The summed E-state index contributed by atoms with van der Waals surface area (Å²) >= 11 is 0. The highest BCUT2D eigenvalue weighted by Crippen LogP contribution is 2.47. The van der Waals surface area contributed by atoms with Gasteiger partial charge in [0.05, 0.1) is 7.11 Å². The van der Waals surface area contributed by atoms with Crippen LogP contribution in [0.4, 0.5) is 5.69 Å². The van der Waals surface area contributed by atoms with Crippen LogP contribution in [0, 0.1) is 19.3 Å². The lowest BCUT2D eigenvalue weighted by Crippen LogP contribution is -2.31. The summed E-state index contributed by atoms with van der Waals surface area (Å²) in [5.74, 6) is -0.740. The predicted octanol–water partition coefficient (Wildman–Crippen LogP) is 2.12. The summed E-state index contributed by atoms with van der Waals surface area (Å²) in [4.78, 5) is 23.1. The van der Waals surface area contributed by atoms with Crippen LogP contribution in [-0.2, 0) is 9.59 Å². The predicted molar refractivity (Wildman–Crippen MR) is 70.4 cm³/mol. The maximum absolute atomic E-state index is 12.0. The number of nitrogens with one attached hydrogen (secondary N) is 1. The van der Waals surface area contributed by atoms with Crippen molar-refractivity contribution in [3.8, 4) is 5.75 Å². The molecule has 1 fully saturated rings. The molecule has 102 valence electrons. The van der Waals surface area contributed by atoms with E-state index in [-0.39, 0.29) is 0 Å². The molecule has 1 saturated carbocycles. The quantitative estimate of drug-likeness (QED) is 0.816. The number of ether oxygens (including phenoxy) is 1. The number of hydrogen-bond donors (Lipinski definition) is 2. The number of carbonyl (C=O) groups excluding carboxylic acids is 1. The Kier molecular flexibility index (Phi) is 3.22. The summed E-state index contributed by atoms with van der Waals surface area (Å²) in [7, 11) is 1.59. The number of carboxylic acids is 1. The molecular weight excluding hydrogens is 246 g/mol. The average Bonchev–Trinajstić information content (AvgIpc) is 3.16. The van der Waals surface area contributed by atoms with Crippen LogP contribution in [0.3, 0.4) is 0 Å². The van der Waals surface area contributed by atoms with Gasteiger partial charge in [-0.3, -0.25) is 9.59 Å². The van der Waals surface area contributed by atoms with Crippen molar-refractivity contribution in [2.75, 3.05) is 12.4 Å². The van der Waals surface area contributed by atoms with E-state index in [1.54, 1.807) is 19.2 Å². The van der Waals surface area contributed by atoms with Crippen LogP contribution in [0.15, 0.2) is 12.1 Å². The average molecular weight is 263 g/mol. The number of carboxylic acid groups (broad SMARTS) is 1. The summed E-state index contributed by atoms with van der Waals surface area (Å²) < 4.78 is 5.20. The van der Waals surface area contributed by atoms with Crippen LogP contribution in [0.5, 0.6) is 5.75 Å². The van der Waals surface area contributed by atoms with Crippen LogP contribution in [0.2, 0.25) is 0 Å². The van der Waals surface area contributed by atoms with Crippen LogP contribution in [0.25, 0.3) is 0 Å². The molecule has 0 aromatic heterocycles. The van der Waals surface area contributed by atoms with E-state index in [1.807, 2.05) is 13.8 Å². The molecule has 1 aromatic carbocycles. The maximum atomic E-state index is 12.0. The van der Waals surface area contributed by atoms with Crippen LogP contribution >= 0.6 is 0 Å². The molecule has 0 heterocycles. The second kappa shape index (κ2) is 4.57. The first-order chi connectivity index (χ1) is 8.92. The molecule has 19 heavy (non-hydrogen) atoms. The van der Waals surface area contributed by atoms with Crippen molar-refractivity contribution in [3.63, 3.8) is 0 Å². The zero-order valence-corrected chi connectivity index (χ0v) is 11.2. The number of aliphatic carboxylic acids is 1. The molecule has 2 rings (SSSR count). The third kappa shape index (κ3) is 2.16. The first kappa shape index (κ1) is 13.4. The summed E-state index contributed by atoms with van der Waals surface area (Å²) in [6.45, 7) is 3.77. The molecule has 5 nitrogen and oxygen atoms in total. The number of methoxy groups -OCH3 is 1. The van der Waals surface area contributed by atoms with Crippen molar-refractivity contribution in [1.82, 2.24) is 0 Å². The Morgan fingerprint density at radius 2 is 1.89 bits per heavy atom. The smallest absolute Gasteiger partial charge is 0.319 e. The molecule has 1 aromatic rings. The molecule has 0 aliphatic heterocycles. The second-order valence-electron chi connectivity index (χ2n) is 4.91. The number of benzene rings is 1. The SMILES string of the molecule is COc1ccc(NC(=O)C2(C(=O)O)CC2)c(C)c1C. The highest BCUT2D eigenvalue weighted by molar-refractivity contribution is 6.11. The minimum atomic E-state index is -1.22. The monoisotopic (exact) mass is 263 g/mol. The van der Waals surface area contributed by atoms with Gasteiger partial charge in [0.25, 0.3) is 0 Å². The third-order valence-electron chi connectivity index (χ3n) is 3.80. The Balaban J connectivity index is 2.23. The largest absolute Gasteiger partial charge is 0.496 e. The van der Waals surface area contributed by atoms with Gasteiger partial charge in [0.15, 0.2) is 0 Å². The molecule has 1 amide bonds. The maximum Gasteiger partial charge on any atom is 0.319 e. The van der Waals surface area contributed by atoms with E-state index in [1.165, 1.54) is 0 Å². The molecule has 2 N–H and O–H groups in total. The Labute approximate surface area is 111 Å². The number of amides is 1. The van der Waals surface area contributed by atoms with Gasteiger partial charge in [0.1, 0.15) is 11.2 Å². The van der Waals surface area contributed by atoms with Crippen LogP contribution in [0.1, 0.15) is 24.0 Å². The van der Waals surface area contributed by atoms with Gasteiger partial charge in [0, 0.05) is 5.69 Å². The molecule has 1 aliphatic rings. The van der Waals surface area contributed by atoms with Crippen molar-refractivity contribution in [2.45, 2.75) is 26.7 Å². The van der Waals surface area contributed by atoms with Gasteiger partial charge in [-0.1, -0.05) is 0 Å². The molecule has 0 bridgehead atoms. The minimum Gasteiger partial charge on any atom is -0.496 e. The van der Waals surface area contributed by atoms with Gasteiger partial charge < -0.3 is 15.2 Å². The van der Waals surface area contributed by atoms with E-state index in [0.717, 1.165) is 16.9 Å². The van der Waals surface area contributed by atoms with E-state index in [4.69, 9.17) is 9.84 Å². The first-order valence-corrected chi connectivity index (χ1v) is 6.11. The van der Waals surface area contributed by atoms with Crippen LogP contribution in [-0.4, -0.2) is 24.1 Å². The normalized spacial score (nSPS) is 15.7. The molecule has 0 unspecified atom stereocenters. The van der Waals surface area contributed by atoms with E-state index in [2.05, 4.69) is 5.32 Å². The Hall–Kier alpha value is -2.04. The molecule has 0 saturated heterocycles. The highest BCUT2D eigenvalue weighted by Gasteiger charge is 2.57. The van der Waals surface area contributed by atoms with Crippen molar-refractivity contribution in [2.24, 2.45) is 5.41 Å². The summed E-state index contributed by atoms with van der Waals surface area (Å²) in [5, 5.41) is 11.8. The van der Waals surface area contributed by atoms with E-state index in [0.29, 0.717) is 18.5 Å². The molecule has 0 atom stereocenters. The standard InChI is InChI=1S/C14H17NO4/c1-8-9(2)11(19-3)5-4-10(8)15-12(16)14(6-7-14)13(17)18/h4-5H,6-7H2,1-3H3,(H,15,16)(H,17,18). The number of carbonyl (C=O) groups is 2. The molecule has 1 aliphatic carbocycles. The zero-order valence-electron chi connectivity index (χ0n) is 11.2. The molecule has 0 radical (unpaired) electrons. The zero-order chi connectivity index (χ0) is 14.2. The number of anilines is 1. The fraction of sp³-hybridized carbons (Fsp3) is 0.429. The molecular formula is C14H17NO4. The minimum absolute atomic E-state index is 0.405. The fourth-order valence-electron chi connectivity index (χ4n) is 2.06. The summed E-state index contributed by atoms with van der Waals surface area (Å²) in [6.07, 6.45) is 0.810. The number of rotatable bonds is 4. The van der Waals surface area contributed by atoms with Gasteiger partial charge in [-0.25, -0.2) is 0 Å². The van der Waals surface area contributed by atoms with Gasteiger partial charge >= 0.3 is 5.97 Å². The lowest BCUT2D eigenvalue weighted by Gasteiger charge is -2.15. The third-order valence-corrected chi connectivity index (χ3v) is 3.80. The van der Waals surface area contributed by atoms with Gasteiger partial charge in [-0.15, -0.1) is 0 Å². The van der Waals surface area contributed by atoms with E-state index >= 15 is 0 Å². The first-order valence-electron chi connectivity index (χ1n) is 6.11. The fourth-order valence-corrected chi connectivity index (χ4v) is 2.06.